The number of hydrogen-bond donors (Lipinski definition) is 0. The van der Waals surface area contributed by atoms with Crippen LogP contribution in [0, 0.1) is 18.2 Å². The van der Waals surface area contributed by atoms with Crippen molar-refractivity contribution < 1.29 is 4.39 Å². The van der Waals surface area contributed by atoms with E-state index in [2.05, 4.69) is 5.92 Å². The van der Waals surface area contributed by atoms with Crippen LogP contribution in [0.2, 0.25) is 0 Å². The minimum atomic E-state index is -0.200. The molecule has 0 aliphatic carbocycles. The second-order valence-electron chi connectivity index (χ2n) is 2.33. The largest absolute Gasteiger partial charge is 0.207 e. The first kappa shape index (κ1) is 7.81. The van der Waals surface area contributed by atoms with Gasteiger partial charge in [-0.25, -0.2) is 4.39 Å². The van der Waals surface area contributed by atoms with Crippen LogP contribution in [0.25, 0.3) is 0 Å². The average molecular weight is 148 g/mol. The van der Waals surface area contributed by atoms with Gasteiger partial charge >= 0.3 is 0 Å². The van der Waals surface area contributed by atoms with Crippen molar-refractivity contribution in [3.8, 4) is 12.3 Å². The molecule has 1 rings (SSSR count). The van der Waals surface area contributed by atoms with Crippen molar-refractivity contribution >= 4 is 0 Å². The highest BCUT2D eigenvalue weighted by Crippen LogP contribution is 2.04. The van der Waals surface area contributed by atoms with Gasteiger partial charge in [0.25, 0.3) is 0 Å². The summed E-state index contributed by atoms with van der Waals surface area (Å²) in [7, 11) is 0. The molecule has 0 nitrogen and oxygen atoms in total. The fourth-order valence-corrected chi connectivity index (χ4v) is 0.868. The van der Waals surface area contributed by atoms with Gasteiger partial charge in [-0.3, -0.25) is 0 Å². The maximum atomic E-state index is 12.4. The lowest BCUT2D eigenvalue weighted by Crippen LogP contribution is -1.83. The molecule has 0 N–H and O–H groups in total. The molecule has 0 saturated heterocycles. The van der Waals surface area contributed by atoms with Crippen LogP contribution in [0.3, 0.4) is 0 Å². The van der Waals surface area contributed by atoms with Gasteiger partial charge in [-0.05, 0) is 24.1 Å². The number of rotatable bonds is 2. The van der Waals surface area contributed by atoms with Crippen LogP contribution >= 0.6 is 0 Å². The van der Waals surface area contributed by atoms with E-state index < -0.39 is 0 Å². The molecule has 0 aliphatic heterocycles. The highest BCUT2D eigenvalue weighted by molar-refractivity contribution is 5.16. The molecule has 0 spiro atoms. The molecule has 0 radical (unpaired) electrons. The van der Waals surface area contributed by atoms with E-state index in [0.29, 0.717) is 6.42 Å². The lowest BCUT2D eigenvalue weighted by Gasteiger charge is -1.95. The predicted molar refractivity (Wildman–Crippen MR) is 43.6 cm³/mol. The summed E-state index contributed by atoms with van der Waals surface area (Å²) in [6.45, 7) is 0. The minimum Gasteiger partial charge on any atom is -0.207 e. The molecular formula is C10H9F. The molecule has 11 heavy (non-hydrogen) atoms. The molecular weight excluding hydrogens is 139 g/mol. The Morgan fingerprint density at radius 1 is 1.27 bits per heavy atom. The van der Waals surface area contributed by atoms with Gasteiger partial charge in [-0.1, -0.05) is 12.1 Å². The van der Waals surface area contributed by atoms with Crippen molar-refractivity contribution in [3.63, 3.8) is 0 Å². The number of terminal acetylenes is 1. The zero-order valence-electron chi connectivity index (χ0n) is 6.18. The quantitative estimate of drug-likeness (QED) is 0.565. The molecule has 1 aromatic carbocycles. The maximum Gasteiger partial charge on any atom is 0.123 e. The summed E-state index contributed by atoms with van der Waals surface area (Å²) in [5.74, 6) is 2.34. The summed E-state index contributed by atoms with van der Waals surface area (Å²) < 4.78 is 12.4. The summed E-state index contributed by atoms with van der Waals surface area (Å²) in [5.41, 5.74) is 1.09. The van der Waals surface area contributed by atoms with Crippen LogP contribution in [-0.2, 0) is 6.42 Å². The van der Waals surface area contributed by atoms with Crippen LogP contribution in [-0.4, -0.2) is 0 Å². The SMILES string of the molecule is C#CCCc1ccc(F)cc1. The fourth-order valence-electron chi connectivity index (χ4n) is 0.868. The van der Waals surface area contributed by atoms with Gasteiger partial charge in [0, 0.05) is 6.42 Å². The van der Waals surface area contributed by atoms with Crippen molar-refractivity contribution in [2.45, 2.75) is 12.8 Å². The summed E-state index contributed by atoms with van der Waals surface area (Å²) in [5, 5.41) is 0. The van der Waals surface area contributed by atoms with Crippen LogP contribution in [0.15, 0.2) is 24.3 Å². The van der Waals surface area contributed by atoms with Crippen LogP contribution in [0.5, 0.6) is 0 Å². The van der Waals surface area contributed by atoms with Crippen LogP contribution in [0.4, 0.5) is 4.39 Å². The molecule has 1 heteroatoms. The summed E-state index contributed by atoms with van der Waals surface area (Å²) >= 11 is 0. The summed E-state index contributed by atoms with van der Waals surface area (Å²) in [6, 6.07) is 6.41. The Hall–Kier alpha value is -1.29. The average Bonchev–Trinajstić information content (AvgIpc) is 2.04. The Bertz CT molecular complexity index is 253. The fraction of sp³-hybridized carbons (Fsp3) is 0.200. The summed E-state index contributed by atoms with van der Waals surface area (Å²) in [6.07, 6.45) is 6.63. The topological polar surface area (TPSA) is 0 Å². The first-order chi connectivity index (χ1) is 5.33. The van der Waals surface area contributed by atoms with E-state index in [-0.39, 0.29) is 5.82 Å². The van der Waals surface area contributed by atoms with Crippen molar-refractivity contribution in [1.82, 2.24) is 0 Å². The van der Waals surface area contributed by atoms with E-state index in [0.717, 1.165) is 12.0 Å². The Labute approximate surface area is 66.1 Å². The first-order valence-corrected chi connectivity index (χ1v) is 3.51. The first-order valence-electron chi connectivity index (χ1n) is 3.51. The zero-order valence-corrected chi connectivity index (χ0v) is 6.18. The molecule has 0 unspecified atom stereocenters. The molecule has 0 amide bonds. The molecule has 0 saturated carbocycles. The zero-order chi connectivity index (χ0) is 8.10. The third-order valence-electron chi connectivity index (χ3n) is 1.47. The van der Waals surface area contributed by atoms with E-state index in [9.17, 15) is 4.39 Å². The second kappa shape index (κ2) is 3.78. The van der Waals surface area contributed by atoms with E-state index >= 15 is 0 Å². The Balaban J connectivity index is 2.60. The van der Waals surface area contributed by atoms with Gasteiger partial charge in [0.1, 0.15) is 5.82 Å². The Kier molecular flexibility index (Phi) is 2.68. The number of aryl methyl sites for hydroxylation is 1. The minimum absolute atomic E-state index is 0.200. The lowest BCUT2D eigenvalue weighted by atomic mass is 10.1. The predicted octanol–water partition coefficient (Wildman–Crippen LogP) is 2.39. The molecule has 0 heterocycles. The Morgan fingerprint density at radius 2 is 1.91 bits per heavy atom. The smallest absolute Gasteiger partial charge is 0.123 e. The monoisotopic (exact) mass is 148 g/mol. The number of hydrogen-bond acceptors (Lipinski definition) is 0. The maximum absolute atomic E-state index is 12.4. The van der Waals surface area contributed by atoms with E-state index in [1.807, 2.05) is 0 Å². The van der Waals surface area contributed by atoms with E-state index in [1.165, 1.54) is 12.1 Å². The van der Waals surface area contributed by atoms with Gasteiger partial charge in [0.15, 0.2) is 0 Å². The number of benzene rings is 1. The van der Waals surface area contributed by atoms with Crippen molar-refractivity contribution in [2.75, 3.05) is 0 Å². The molecule has 0 bridgehead atoms. The second-order valence-corrected chi connectivity index (χ2v) is 2.33. The van der Waals surface area contributed by atoms with E-state index in [1.54, 1.807) is 12.1 Å². The standard InChI is InChI=1S/C10H9F/c1-2-3-4-9-5-7-10(11)8-6-9/h1,5-8H,3-4H2. The van der Waals surface area contributed by atoms with E-state index in [4.69, 9.17) is 6.42 Å². The molecule has 0 atom stereocenters. The van der Waals surface area contributed by atoms with Gasteiger partial charge in [-0.2, -0.15) is 0 Å². The van der Waals surface area contributed by atoms with Crippen molar-refractivity contribution in [3.05, 3.63) is 35.6 Å². The van der Waals surface area contributed by atoms with Gasteiger partial charge in [0.05, 0.1) is 0 Å². The highest BCUT2D eigenvalue weighted by Gasteiger charge is 1.91. The third kappa shape index (κ3) is 2.43. The lowest BCUT2D eigenvalue weighted by molar-refractivity contribution is 0.627. The van der Waals surface area contributed by atoms with Gasteiger partial charge < -0.3 is 0 Å². The molecule has 1 aromatic rings. The highest BCUT2D eigenvalue weighted by atomic mass is 19.1. The Morgan fingerprint density at radius 3 is 2.45 bits per heavy atom. The normalized spacial score (nSPS) is 9.09. The van der Waals surface area contributed by atoms with Crippen molar-refractivity contribution in [2.24, 2.45) is 0 Å². The molecule has 56 valence electrons. The van der Waals surface area contributed by atoms with Gasteiger partial charge in [-0.15, -0.1) is 12.3 Å². The number of halogens is 1. The van der Waals surface area contributed by atoms with Crippen LogP contribution in [0.1, 0.15) is 12.0 Å². The van der Waals surface area contributed by atoms with Crippen molar-refractivity contribution in [1.29, 1.82) is 0 Å². The molecule has 0 aromatic heterocycles. The third-order valence-corrected chi connectivity index (χ3v) is 1.47. The van der Waals surface area contributed by atoms with Crippen LogP contribution < -0.4 is 0 Å². The summed E-state index contributed by atoms with van der Waals surface area (Å²) in [4.78, 5) is 0. The molecule has 0 aliphatic rings. The van der Waals surface area contributed by atoms with Gasteiger partial charge in [0.2, 0.25) is 0 Å². The molecule has 0 fully saturated rings.